The first kappa shape index (κ1) is 21.2. The number of para-hydroxylation sites is 2. The summed E-state index contributed by atoms with van der Waals surface area (Å²) in [4.78, 5) is 28.8. The van der Waals surface area contributed by atoms with E-state index >= 15 is 0 Å². The number of fused-ring (bicyclic) bond motifs is 1. The smallest absolute Gasteiger partial charge is 0.273 e. The number of nitrogens with zero attached hydrogens (tertiary/aromatic N) is 2. The molecule has 0 spiro atoms. The van der Waals surface area contributed by atoms with Crippen LogP contribution in [0.5, 0.6) is 0 Å². The van der Waals surface area contributed by atoms with E-state index in [1.54, 1.807) is 10.9 Å². The molecule has 5 rings (SSSR count). The highest BCUT2D eigenvalue weighted by Gasteiger charge is 2.20. The molecule has 7 nitrogen and oxygen atoms in total. The van der Waals surface area contributed by atoms with E-state index < -0.39 is 5.91 Å². The van der Waals surface area contributed by atoms with Gasteiger partial charge >= 0.3 is 0 Å². The number of aromatic nitrogens is 3. The number of rotatable bonds is 5. The van der Waals surface area contributed by atoms with Crippen molar-refractivity contribution in [2.45, 2.75) is 13.3 Å². The number of hydrogen-bond donors (Lipinski definition) is 3. The lowest BCUT2D eigenvalue weighted by Crippen LogP contribution is -2.42. The van der Waals surface area contributed by atoms with Gasteiger partial charge in [-0.25, -0.2) is 4.68 Å². The van der Waals surface area contributed by atoms with Gasteiger partial charge in [-0.2, -0.15) is 5.10 Å². The number of hydrazine groups is 1. The Balaban J connectivity index is 1.38. The van der Waals surface area contributed by atoms with Crippen molar-refractivity contribution in [2.24, 2.45) is 0 Å². The fraction of sp³-hybridized carbons (Fsp3) is 0.0741. The number of H-pyrrole nitrogens is 1. The molecule has 7 heteroatoms. The second-order valence-corrected chi connectivity index (χ2v) is 8.02. The maximum atomic E-state index is 13.1. The molecule has 3 aromatic carbocycles. The largest absolute Gasteiger partial charge is 0.361 e. The van der Waals surface area contributed by atoms with Crippen molar-refractivity contribution >= 4 is 22.7 Å². The Bertz CT molecular complexity index is 1480. The minimum atomic E-state index is -0.437. The minimum absolute atomic E-state index is 0.137. The van der Waals surface area contributed by atoms with E-state index in [1.807, 2.05) is 92.0 Å². The predicted molar refractivity (Wildman–Crippen MR) is 131 cm³/mol. The summed E-state index contributed by atoms with van der Waals surface area (Å²) < 4.78 is 1.67. The van der Waals surface area contributed by atoms with Gasteiger partial charge in [0.2, 0.25) is 5.91 Å². The third-order valence-electron chi connectivity index (χ3n) is 5.72. The summed E-state index contributed by atoms with van der Waals surface area (Å²) in [7, 11) is 0. The first-order valence-corrected chi connectivity index (χ1v) is 11.0. The van der Waals surface area contributed by atoms with Crippen LogP contribution in [0.15, 0.2) is 91.3 Å². The van der Waals surface area contributed by atoms with Crippen LogP contribution in [0.1, 0.15) is 21.5 Å². The fourth-order valence-electron chi connectivity index (χ4n) is 3.98. The zero-order chi connectivity index (χ0) is 23.5. The van der Waals surface area contributed by atoms with E-state index in [1.165, 1.54) is 0 Å². The highest BCUT2D eigenvalue weighted by Crippen LogP contribution is 2.26. The van der Waals surface area contributed by atoms with Crippen LogP contribution in [0.2, 0.25) is 0 Å². The Morgan fingerprint density at radius 2 is 1.65 bits per heavy atom. The van der Waals surface area contributed by atoms with Gasteiger partial charge in [0.25, 0.3) is 5.91 Å². The third-order valence-corrected chi connectivity index (χ3v) is 5.72. The molecule has 0 saturated carbocycles. The highest BCUT2D eigenvalue weighted by molar-refractivity contribution is 6.01. The van der Waals surface area contributed by atoms with E-state index in [0.29, 0.717) is 11.3 Å². The lowest BCUT2D eigenvalue weighted by molar-refractivity contribution is -0.121. The number of benzene rings is 3. The second-order valence-electron chi connectivity index (χ2n) is 8.02. The third kappa shape index (κ3) is 4.19. The van der Waals surface area contributed by atoms with Crippen molar-refractivity contribution in [3.63, 3.8) is 0 Å². The molecule has 34 heavy (non-hydrogen) atoms. The number of carbonyl (C=O) groups is 2. The molecule has 0 saturated heterocycles. The lowest BCUT2D eigenvalue weighted by atomic mass is 10.0. The van der Waals surface area contributed by atoms with Crippen molar-refractivity contribution in [1.29, 1.82) is 0 Å². The SMILES string of the molecule is Cc1ccccc1-c1nn(-c2ccccc2)cc1C(=O)NNC(=O)Cc1c[nH]c2ccccc12. The second kappa shape index (κ2) is 9.07. The molecular weight excluding hydrogens is 426 g/mol. The van der Waals surface area contributed by atoms with E-state index in [0.717, 1.165) is 33.3 Å². The Kier molecular flexibility index (Phi) is 5.66. The number of aryl methyl sites for hydroxylation is 1. The van der Waals surface area contributed by atoms with Gasteiger partial charge in [-0.3, -0.25) is 20.4 Å². The maximum absolute atomic E-state index is 13.1. The van der Waals surface area contributed by atoms with E-state index in [2.05, 4.69) is 15.8 Å². The van der Waals surface area contributed by atoms with E-state index in [-0.39, 0.29) is 12.3 Å². The first-order valence-electron chi connectivity index (χ1n) is 11.0. The van der Waals surface area contributed by atoms with Gasteiger partial charge in [0.05, 0.1) is 17.7 Å². The monoisotopic (exact) mass is 449 g/mol. The fourth-order valence-corrected chi connectivity index (χ4v) is 3.98. The van der Waals surface area contributed by atoms with Gasteiger partial charge in [0, 0.05) is 28.9 Å². The van der Waals surface area contributed by atoms with Gasteiger partial charge in [-0.1, -0.05) is 60.7 Å². The average molecular weight is 450 g/mol. The van der Waals surface area contributed by atoms with Gasteiger partial charge in [-0.15, -0.1) is 0 Å². The summed E-state index contributed by atoms with van der Waals surface area (Å²) in [5.41, 5.74) is 10.5. The maximum Gasteiger partial charge on any atom is 0.273 e. The summed E-state index contributed by atoms with van der Waals surface area (Å²) >= 11 is 0. The van der Waals surface area contributed by atoms with Crippen molar-refractivity contribution in [2.75, 3.05) is 0 Å². The van der Waals surface area contributed by atoms with Gasteiger partial charge in [-0.05, 0) is 36.2 Å². The summed E-state index contributed by atoms with van der Waals surface area (Å²) in [5, 5.41) is 5.68. The van der Waals surface area contributed by atoms with Crippen molar-refractivity contribution < 1.29 is 9.59 Å². The van der Waals surface area contributed by atoms with Crippen molar-refractivity contribution in [3.05, 3.63) is 108 Å². The van der Waals surface area contributed by atoms with Crippen LogP contribution in [0.4, 0.5) is 0 Å². The molecule has 0 bridgehead atoms. The quantitative estimate of drug-likeness (QED) is 0.349. The van der Waals surface area contributed by atoms with Crippen LogP contribution >= 0.6 is 0 Å². The average Bonchev–Trinajstić information content (AvgIpc) is 3.49. The Morgan fingerprint density at radius 1 is 0.912 bits per heavy atom. The van der Waals surface area contributed by atoms with Crippen LogP contribution in [0, 0.1) is 6.92 Å². The lowest BCUT2D eigenvalue weighted by Gasteiger charge is -2.08. The first-order chi connectivity index (χ1) is 16.6. The highest BCUT2D eigenvalue weighted by atomic mass is 16.2. The summed E-state index contributed by atoms with van der Waals surface area (Å²) in [6.07, 6.45) is 3.63. The number of nitrogens with one attached hydrogen (secondary N) is 3. The van der Waals surface area contributed by atoms with Crippen molar-refractivity contribution in [1.82, 2.24) is 25.6 Å². The van der Waals surface area contributed by atoms with Gasteiger partial charge in [0.1, 0.15) is 5.69 Å². The zero-order valence-corrected chi connectivity index (χ0v) is 18.6. The molecule has 0 radical (unpaired) electrons. The molecule has 2 amide bonds. The van der Waals surface area contributed by atoms with Crippen LogP contribution in [-0.2, 0) is 11.2 Å². The molecule has 0 unspecified atom stereocenters. The molecule has 0 aliphatic heterocycles. The summed E-state index contributed by atoms with van der Waals surface area (Å²) in [6.45, 7) is 1.97. The molecule has 3 N–H and O–H groups in total. The number of carbonyl (C=O) groups excluding carboxylic acids is 2. The van der Waals surface area contributed by atoms with Crippen molar-refractivity contribution in [3.8, 4) is 16.9 Å². The topological polar surface area (TPSA) is 91.8 Å². The molecule has 0 aliphatic rings. The number of amides is 2. The van der Waals surface area contributed by atoms with Gasteiger partial charge < -0.3 is 4.98 Å². The number of hydrogen-bond acceptors (Lipinski definition) is 3. The molecule has 2 heterocycles. The Morgan fingerprint density at radius 3 is 2.47 bits per heavy atom. The zero-order valence-electron chi connectivity index (χ0n) is 18.6. The summed E-state index contributed by atoms with van der Waals surface area (Å²) in [6, 6.07) is 25.1. The molecule has 0 atom stereocenters. The van der Waals surface area contributed by atoms with Crippen LogP contribution in [-0.4, -0.2) is 26.6 Å². The molecular formula is C27H23N5O2. The molecule has 2 aromatic heterocycles. The minimum Gasteiger partial charge on any atom is -0.361 e. The van der Waals surface area contributed by atoms with E-state index in [4.69, 9.17) is 5.10 Å². The van der Waals surface area contributed by atoms with Crippen LogP contribution in [0.25, 0.3) is 27.8 Å². The Labute approximate surface area is 196 Å². The number of aromatic amines is 1. The normalized spacial score (nSPS) is 10.9. The molecule has 0 fully saturated rings. The van der Waals surface area contributed by atoms with Crippen LogP contribution in [0.3, 0.4) is 0 Å². The van der Waals surface area contributed by atoms with Crippen LogP contribution < -0.4 is 10.9 Å². The summed E-state index contributed by atoms with van der Waals surface area (Å²) in [5.74, 6) is -0.751. The molecule has 168 valence electrons. The molecule has 5 aromatic rings. The van der Waals surface area contributed by atoms with Gasteiger partial charge in [0.15, 0.2) is 0 Å². The Hall–Kier alpha value is -4.65. The predicted octanol–water partition coefficient (Wildman–Crippen LogP) is 4.33. The van der Waals surface area contributed by atoms with E-state index in [9.17, 15) is 9.59 Å². The standard InChI is InChI=1S/C27H23N5O2/c1-18-9-5-6-12-21(18)26-23(17-32(31-26)20-10-3-2-4-11-20)27(34)30-29-25(33)15-19-16-28-24-14-8-7-13-22(19)24/h2-14,16-17,28H,15H2,1H3,(H,29,33)(H,30,34). The molecule has 0 aliphatic carbocycles.